The summed E-state index contributed by atoms with van der Waals surface area (Å²) in [5, 5.41) is 2.26. The van der Waals surface area contributed by atoms with Gasteiger partial charge >= 0.3 is 0 Å². The van der Waals surface area contributed by atoms with E-state index >= 15 is 0 Å². The van der Waals surface area contributed by atoms with Gasteiger partial charge in [0.2, 0.25) is 11.8 Å². The number of nitrogens with zero attached hydrogens (tertiary/aromatic N) is 7. The highest BCUT2D eigenvalue weighted by molar-refractivity contribution is 6.23. The molecule has 5 saturated heterocycles. The van der Waals surface area contributed by atoms with Crippen LogP contribution in [0.4, 0.5) is 15.8 Å². The largest absolute Gasteiger partial charge is 0.371 e. The van der Waals surface area contributed by atoms with Crippen molar-refractivity contribution in [1.82, 2.24) is 29.8 Å². The average Bonchev–Trinajstić information content (AvgIpc) is 3.81. The van der Waals surface area contributed by atoms with Crippen LogP contribution in [0.15, 0.2) is 60.7 Å². The number of piperidine rings is 3. The van der Waals surface area contributed by atoms with E-state index in [4.69, 9.17) is 0 Å². The molecule has 9 rings (SSSR count). The second-order valence-electron chi connectivity index (χ2n) is 19.1. The second kappa shape index (κ2) is 18.2. The summed E-state index contributed by atoms with van der Waals surface area (Å²) in [7, 11) is 4.33. The maximum atomic E-state index is 14.7. The zero-order valence-electron chi connectivity index (χ0n) is 36.7. The SMILES string of the molecule is Cc1cccc(F)c1CN1C[C@H](c2ccc(N3CCN(CC4CCN(CC5CCN(c6ccc7c(c6)C(=O)N(C6CCC(=O)NC6=O)C7=O)CC5)CC4)CC3)cc2)[C@@H](N(C)C)C1. The first-order valence-electron chi connectivity index (χ1n) is 23.0. The molecule has 0 bridgehead atoms. The van der Waals surface area contributed by atoms with E-state index in [-0.39, 0.29) is 24.6 Å². The number of fused-ring (bicyclic) bond motifs is 1. The van der Waals surface area contributed by atoms with Crippen molar-refractivity contribution >= 4 is 35.0 Å². The van der Waals surface area contributed by atoms with E-state index in [0.717, 1.165) is 112 Å². The maximum Gasteiger partial charge on any atom is 0.262 e. The monoisotopic (exact) mass is 846 g/mol. The topological polar surface area (TPSA) is 103 Å². The Balaban J connectivity index is 0.691. The lowest BCUT2D eigenvalue weighted by Crippen LogP contribution is -2.54. The predicted octanol–water partition coefficient (Wildman–Crippen LogP) is 4.82. The van der Waals surface area contributed by atoms with Gasteiger partial charge in [-0.15, -0.1) is 0 Å². The Hall–Kier alpha value is -4.69. The minimum atomic E-state index is -0.950. The number of halogens is 1. The van der Waals surface area contributed by atoms with Crippen LogP contribution in [0, 0.1) is 24.6 Å². The number of rotatable bonds is 11. The molecule has 0 spiro atoms. The Bertz CT molecular complexity index is 2120. The molecular formula is C49H63FN8O4. The molecule has 13 heteroatoms. The summed E-state index contributed by atoms with van der Waals surface area (Å²) in [5.41, 5.74) is 6.12. The van der Waals surface area contributed by atoms with Crippen molar-refractivity contribution in [3.05, 3.63) is 94.3 Å². The van der Waals surface area contributed by atoms with Crippen molar-refractivity contribution in [1.29, 1.82) is 0 Å². The highest BCUT2D eigenvalue weighted by Crippen LogP contribution is 2.35. The van der Waals surface area contributed by atoms with E-state index in [0.29, 0.717) is 35.5 Å². The molecule has 0 saturated carbocycles. The Kier molecular flexibility index (Phi) is 12.5. The number of nitrogens with one attached hydrogen (secondary N) is 1. The van der Waals surface area contributed by atoms with Crippen LogP contribution in [0.5, 0.6) is 0 Å². The van der Waals surface area contributed by atoms with Gasteiger partial charge in [-0.2, -0.15) is 0 Å². The second-order valence-corrected chi connectivity index (χ2v) is 19.1. The minimum absolute atomic E-state index is 0.104. The number of imide groups is 2. The number of anilines is 2. The van der Waals surface area contributed by atoms with Gasteiger partial charge < -0.3 is 19.6 Å². The molecule has 4 amide bonds. The lowest BCUT2D eigenvalue weighted by Gasteiger charge is -2.41. The summed E-state index contributed by atoms with van der Waals surface area (Å²) in [6.45, 7) is 15.3. The van der Waals surface area contributed by atoms with Gasteiger partial charge in [-0.25, -0.2) is 4.39 Å². The third kappa shape index (κ3) is 8.91. The van der Waals surface area contributed by atoms with Gasteiger partial charge in [-0.3, -0.25) is 39.2 Å². The number of amides is 4. The first-order valence-corrected chi connectivity index (χ1v) is 23.0. The van der Waals surface area contributed by atoms with Gasteiger partial charge in [-0.1, -0.05) is 24.3 Å². The number of benzene rings is 3. The number of carbonyl (C=O) groups is 4. The van der Waals surface area contributed by atoms with Crippen LogP contribution in [0.1, 0.15) is 81.8 Å². The number of likely N-dealkylation sites (N-methyl/N-ethyl adjacent to an activating group) is 1. The van der Waals surface area contributed by atoms with Crippen molar-refractivity contribution in [3.63, 3.8) is 0 Å². The lowest BCUT2D eigenvalue weighted by atomic mass is 9.92. The molecule has 0 aliphatic carbocycles. The summed E-state index contributed by atoms with van der Waals surface area (Å²) in [4.78, 5) is 66.6. The van der Waals surface area contributed by atoms with Crippen LogP contribution in [-0.4, -0.2) is 153 Å². The summed E-state index contributed by atoms with van der Waals surface area (Å²) >= 11 is 0. The van der Waals surface area contributed by atoms with Crippen molar-refractivity contribution in [2.24, 2.45) is 11.8 Å². The first kappa shape index (κ1) is 42.6. The van der Waals surface area contributed by atoms with E-state index in [2.05, 4.69) is 73.1 Å². The standard InChI is InChI=1S/C49H63FN8O4/c1-33-5-4-6-43(50)41(33)30-55-31-42(45(32-55)52(2)3)36-7-9-37(10-8-36)57-25-23-54(24-26-57)29-34-15-19-53(20-16-34)28-35-17-21-56(22-18-35)38-11-12-39-40(27-38)49(62)58(48(39)61)44-13-14-46(59)51-47(44)60/h4-12,27,34-35,42,44-45H,13-26,28-32H2,1-3H3,(H,51,59,60)/t42-,44?,45+/m1/s1. The van der Waals surface area contributed by atoms with Crippen molar-refractivity contribution in [2.45, 2.75) is 70.0 Å². The van der Waals surface area contributed by atoms with Crippen LogP contribution in [0.25, 0.3) is 0 Å². The van der Waals surface area contributed by atoms with Gasteiger partial charge in [0.15, 0.2) is 0 Å². The number of hydrogen-bond acceptors (Lipinski definition) is 10. The molecule has 3 atom stereocenters. The van der Waals surface area contributed by atoms with Crippen molar-refractivity contribution in [3.8, 4) is 0 Å². The van der Waals surface area contributed by atoms with Gasteiger partial charge in [-0.05, 0) is 126 Å². The third-order valence-electron chi connectivity index (χ3n) is 15.0. The molecule has 6 aliphatic heterocycles. The third-order valence-corrected chi connectivity index (χ3v) is 15.0. The quantitative estimate of drug-likeness (QED) is 0.271. The molecule has 1 N–H and O–H groups in total. The lowest BCUT2D eigenvalue weighted by molar-refractivity contribution is -0.136. The number of likely N-dealkylation sites (tertiary alicyclic amines) is 2. The van der Waals surface area contributed by atoms with Crippen molar-refractivity contribution < 1.29 is 23.6 Å². The van der Waals surface area contributed by atoms with Crippen molar-refractivity contribution in [2.75, 3.05) is 102 Å². The highest BCUT2D eigenvalue weighted by atomic mass is 19.1. The van der Waals surface area contributed by atoms with E-state index in [9.17, 15) is 23.6 Å². The fraction of sp³-hybridized carbons (Fsp3) is 0.551. The van der Waals surface area contributed by atoms with Gasteiger partial charge in [0.05, 0.1) is 11.1 Å². The van der Waals surface area contributed by atoms with E-state index in [1.54, 1.807) is 18.2 Å². The van der Waals surface area contributed by atoms with E-state index in [1.165, 1.54) is 30.6 Å². The van der Waals surface area contributed by atoms with Gasteiger partial charge in [0.1, 0.15) is 11.9 Å². The minimum Gasteiger partial charge on any atom is -0.371 e. The molecule has 6 aliphatic rings. The molecule has 0 radical (unpaired) electrons. The molecule has 6 heterocycles. The normalized spacial score (nSPS) is 25.0. The molecule has 12 nitrogen and oxygen atoms in total. The summed E-state index contributed by atoms with van der Waals surface area (Å²) in [6, 6.07) is 19.6. The molecule has 3 aromatic rings. The summed E-state index contributed by atoms with van der Waals surface area (Å²) in [6.07, 6.45) is 4.96. The zero-order valence-corrected chi connectivity index (χ0v) is 36.7. The Morgan fingerprint density at radius 3 is 1.97 bits per heavy atom. The number of hydrogen-bond donors (Lipinski definition) is 1. The van der Waals surface area contributed by atoms with Gasteiger partial charge in [0, 0.05) is 107 Å². The first-order chi connectivity index (χ1) is 30.0. The van der Waals surface area contributed by atoms with E-state index in [1.807, 2.05) is 25.1 Å². The Labute approximate surface area is 366 Å². The molecular weight excluding hydrogens is 784 g/mol. The van der Waals surface area contributed by atoms with Gasteiger partial charge in [0.25, 0.3) is 11.8 Å². The molecule has 1 unspecified atom stereocenters. The number of aryl methyl sites for hydroxylation is 1. The van der Waals surface area contributed by atoms with Crippen LogP contribution in [-0.2, 0) is 16.1 Å². The number of carbonyl (C=O) groups excluding carboxylic acids is 4. The number of piperazine rings is 1. The highest BCUT2D eigenvalue weighted by Gasteiger charge is 2.45. The fourth-order valence-electron chi connectivity index (χ4n) is 11.2. The van der Waals surface area contributed by atoms with Crippen LogP contribution < -0.4 is 15.1 Å². The molecule has 330 valence electrons. The van der Waals surface area contributed by atoms with Crippen LogP contribution >= 0.6 is 0 Å². The summed E-state index contributed by atoms with van der Waals surface area (Å²) in [5.74, 6) is -0.206. The average molecular weight is 847 g/mol. The van der Waals surface area contributed by atoms with Crippen LogP contribution in [0.2, 0.25) is 0 Å². The molecule has 62 heavy (non-hydrogen) atoms. The molecule has 0 aromatic heterocycles. The fourth-order valence-corrected chi connectivity index (χ4v) is 11.2. The molecule has 5 fully saturated rings. The van der Waals surface area contributed by atoms with E-state index < -0.39 is 23.8 Å². The maximum absolute atomic E-state index is 14.7. The predicted molar refractivity (Wildman–Crippen MR) is 239 cm³/mol. The smallest absolute Gasteiger partial charge is 0.262 e. The van der Waals surface area contributed by atoms with Crippen LogP contribution in [0.3, 0.4) is 0 Å². The zero-order chi connectivity index (χ0) is 43.1. The Morgan fingerprint density at radius 2 is 1.31 bits per heavy atom. The molecule has 3 aromatic carbocycles. The Morgan fingerprint density at radius 1 is 0.677 bits per heavy atom. The summed E-state index contributed by atoms with van der Waals surface area (Å²) < 4.78 is 14.7.